The van der Waals surface area contributed by atoms with Crippen LogP contribution in [0.3, 0.4) is 0 Å². The van der Waals surface area contributed by atoms with Gasteiger partial charge in [0.05, 0.1) is 6.61 Å². The lowest BCUT2D eigenvalue weighted by Gasteiger charge is -2.18. The van der Waals surface area contributed by atoms with E-state index in [2.05, 4.69) is 37.3 Å². The first kappa shape index (κ1) is 19.2. The average molecular weight is 364 g/mol. The molecule has 2 aromatic rings. The quantitative estimate of drug-likeness (QED) is 0.319. The highest BCUT2D eigenvalue weighted by molar-refractivity contribution is 5.71. The van der Waals surface area contributed by atoms with Crippen molar-refractivity contribution >= 4 is 11.7 Å². The van der Waals surface area contributed by atoms with Gasteiger partial charge in [0.25, 0.3) is 0 Å². The summed E-state index contributed by atoms with van der Waals surface area (Å²) in [5.41, 5.74) is 5.03. The third-order valence-corrected chi connectivity index (χ3v) is 5.04. The zero-order chi connectivity index (χ0) is 19.1. The molecule has 0 bridgehead atoms. The smallest absolute Gasteiger partial charge is 0.434 e. The lowest BCUT2D eigenvalue weighted by atomic mass is 9.87. The van der Waals surface area contributed by atoms with E-state index >= 15 is 0 Å². The molecule has 0 radical (unpaired) electrons. The highest BCUT2D eigenvalue weighted by Crippen LogP contribution is 2.31. The summed E-state index contributed by atoms with van der Waals surface area (Å²) in [7, 11) is 0. The molecule has 0 amide bonds. The van der Waals surface area contributed by atoms with Gasteiger partial charge in [0.15, 0.2) is 0 Å². The zero-order valence-corrected chi connectivity index (χ0v) is 16.2. The second kappa shape index (κ2) is 9.40. The standard InChI is InChI=1S/C24H28O3/c1-3-4-17-26-24(25)27-23-15-13-22(14-16-23)21-11-9-20(10-12-21)19-7-5-18(2)6-8-19/h7,9-16,18H,3-6,8,17H2,1-2H3. The fourth-order valence-corrected chi connectivity index (χ4v) is 3.25. The van der Waals surface area contributed by atoms with E-state index in [-0.39, 0.29) is 0 Å². The van der Waals surface area contributed by atoms with E-state index in [1.807, 2.05) is 19.1 Å². The van der Waals surface area contributed by atoms with Gasteiger partial charge in [-0.15, -0.1) is 0 Å². The monoisotopic (exact) mass is 364 g/mol. The molecule has 0 saturated carbocycles. The fraction of sp³-hybridized carbons (Fsp3) is 0.375. The molecule has 27 heavy (non-hydrogen) atoms. The molecule has 0 spiro atoms. The van der Waals surface area contributed by atoms with Crippen molar-refractivity contribution < 1.29 is 14.3 Å². The van der Waals surface area contributed by atoms with Crippen LogP contribution in [0.25, 0.3) is 16.7 Å². The maximum absolute atomic E-state index is 11.6. The van der Waals surface area contributed by atoms with Crippen LogP contribution in [0, 0.1) is 5.92 Å². The first-order valence-electron chi connectivity index (χ1n) is 9.90. The summed E-state index contributed by atoms with van der Waals surface area (Å²) in [6.45, 7) is 4.76. The van der Waals surface area contributed by atoms with Crippen LogP contribution >= 0.6 is 0 Å². The van der Waals surface area contributed by atoms with Crippen molar-refractivity contribution in [2.24, 2.45) is 5.92 Å². The van der Waals surface area contributed by atoms with Crippen LogP contribution in [-0.2, 0) is 4.74 Å². The average Bonchev–Trinajstić information content (AvgIpc) is 2.70. The van der Waals surface area contributed by atoms with Gasteiger partial charge in [-0.2, -0.15) is 0 Å². The SMILES string of the molecule is CCCCOC(=O)Oc1ccc(-c2ccc(C3=CCC(C)CC3)cc2)cc1. The number of allylic oxidation sites excluding steroid dienone is 2. The molecule has 0 heterocycles. The molecule has 1 atom stereocenters. The van der Waals surface area contributed by atoms with Gasteiger partial charge in [0.1, 0.15) is 5.75 Å². The Morgan fingerprint density at radius 3 is 2.22 bits per heavy atom. The molecule has 3 nitrogen and oxygen atoms in total. The second-order valence-corrected chi connectivity index (χ2v) is 7.26. The maximum Gasteiger partial charge on any atom is 0.513 e. The molecule has 1 aliphatic carbocycles. The van der Waals surface area contributed by atoms with Gasteiger partial charge in [-0.3, -0.25) is 0 Å². The highest BCUT2D eigenvalue weighted by atomic mass is 16.7. The maximum atomic E-state index is 11.6. The van der Waals surface area contributed by atoms with E-state index in [9.17, 15) is 4.79 Å². The summed E-state index contributed by atoms with van der Waals surface area (Å²) in [6.07, 6.45) is 7.19. The number of carbonyl (C=O) groups is 1. The molecule has 3 heteroatoms. The number of carbonyl (C=O) groups excluding carboxylic acids is 1. The Labute approximate surface area is 162 Å². The minimum absolute atomic E-state index is 0.398. The minimum atomic E-state index is -0.643. The molecular weight excluding hydrogens is 336 g/mol. The molecule has 0 saturated heterocycles. The normalized spacial score (nSPS) is 16.5. The van der Waals surface area contributed by atoms with E-state index in [0.717, 1.165) is 29.9 Å². The van der Waals surface area contributed by atoms with Gasteiger partial charge < -0.3 is 9.47 Å². The zero-order valence-electron chi connectivity index (χ0n) is 16.2. The van der Waals surface area contributed by atoms with Crippen molar-refractivity contribution in [1.82, 2.24) is 0 Å². The van der Waals surface area contributed by atoms with Gasteiger partial charge in [0.2, 0.25) is 0 Å². The fourth-order valence-electron chi connectivity index (χ4n) is 3.25. The number of hydrogen-bond donors (Lipinski definition) is 0. The van der Waals surface area contributed by atoms with Crippen molar-refractivity contribution in [3.05, 3.63) is 60.2 Å². The number of rotatable bonds is 6. The van der Waals surface area contributed by atoms with Crippen molar-refractivity contribution in [3.63, 3.8) is 0 Å². The summed E-state index contributed by atoms with van der Waals surface area (Å²) < 4.78 is 10.2. The lowest BCUT2D eigenvalue weighted by molar-refractivity contribution is 0.0978. The van der Waals surface area contributed by atoms with Crippen LogP contribution in [0.5, 0.6) is 5.75 Å². The summed E-state index contributed by atoms with van der Waals surface area (Å²) in [5.74, 6) is 1.30. The van der Waals surface area contributed by atoms with Crippen LogP contribution in [0.15, 0.2) is 54.6 Å². The molecule has 142 valence electrons. The van der Waals surface area contributed by atoms with Gasteiger partial charge in [-0.25, -0.2) is 4.79 Å². The van der Waals surface area contributed by atoms with Gasteiger partial charge in [0, 0.05) is 0 Å². The van der Waals surface area contributed by atoms with Crippen molar-refractivity contribution in [2.45, 2.75) is 46.0 Å². The summed E-state index contributed by atoms with van der Waals surface area (Å²) in [4.78, 5) is 11.6. The van der Waals surface area contributed by atoms with E-state index in [1.165, 1.54) is 30.4 Å². The van der Waals surface area contributed by atoms with Crippen LogP contribution in [0.4, 0.5) is 4.79 Å². The molecule has 2 aromatic carbocycles. The third-order valence-electron chi connectivity index (χ3n) is 5.04. The topological polar surface area (TPSA) is 35.5 Å². The molecule has 1 unspecified atom stereocenters. The van der Waals surface area contributed by atoms with E-state index in [4.69, 9.17) is 9.47 Å². The van der Waals surface area contributed by atoms with E-state index in [1.54, 1.807) is 12.1 Å². The Morgan fingerprint density at radius 2 is 1.63 bits per heavy atom. The van der Waals surface area contributed by atoms with Crippen LogP contribution in [-0.4, -0.2) is 12.8 Å². The van der Waals surface area contributed by atoms with Crippen LogP contribution in [0.2, 0.25) is 0 Å². The van der Waals surface area contributed by atoms with Gasteiger partial charge in [-0.05, 0) is 66.0 Å². The number of unbranched alkanes of at least 4 members (excludes halogenated alkanes) is 1. The largest absolute Gasteiger partial charge is 0.513 e. The number of benzene rings is 2. The van der Waals surface area contributed by atoms with Crippen LogP contribution < -0.4 is 4.74 Å². The van der Waals surface area contributed by atoms with Gasteiger partial charge >= 0.3 is 6.16 Å². The number of hydrogen-bond acceptors (Lipinski definition) is 3. The van der Waals surface area contributed by atoms with Crippen molar-refractivity contribution in [2.75, 3.05) is 6.61 Å². The Hall–Kier alpha value is -2.55. The molecule has 1 aliphatic rings. The van der Waals surface area contributed by atoms with Crippen molar-refractivity contribution in [1.29, 1.82) is 0 Å². The number of ether oxygens (including phenoxy) is 2. The molecule has 0 N–H and O–H groups in total. The predicted molar refractivity (Wildman–Crippen MR) is 110 cm³/mol. The lowest BCUT2D eigenvalue weighted by Crippen LogP contribution is -2.11. The van der Waals surface area contributed by atoms with Crippen LogP contribution in [0.1, 0.15) is 51.5 Å². The predicted octanol–water partition coefficient (Wildman–Crippen LogP) is 6.87. The van der Waals surface area contributed by atoms with E-state index in [0.29, 0.717) is 12.4 Å². The van der Waals surface area contributed by atoms with E-state index < -0.39 is 6.16 Å². The van der Waals surface area contributed by atoms with Gasteiger partial charge in [-0.1, -0.05) is 62.7 Å². The Balaban J connectivity index is 1.61. The molecule has 0 aliphatic heterocycles. The summed E-state index contributed by atoms with van der Waals surface area (Å²) in [5, 5.41) is 0. The first-order chi connectivity index (χ1) is 13.2. The Morgan fingerprint density at radius 1 is 1.00 bits per heavy atom. The summed E-state index contributed by atoms with van der Waals surface area (Å²) in [6, 6.07) is 16.2. The summed E-state index contributed by atoms with van der Waals surface area (Å²) >= 11 is 0. The van der Waals surface area contributed by atoms with Crippen molar-refractivity contribution in [3.8, 4) is 16.9 Å². The molecule has 3 rings (SSSR count). The molecule has 0 aromatic heterocycles. The third kappa shape index (κ3) is 5.46. The first-order valence-corrected chi connectivity index (χ1v) is 9.90. The molecule has 0 fully saturated rings. The highest BCUT2D eigenvalue weighted by Gasteiger charge is 2.11. The molecular formula is C24H28O3. The second-order valence-electron chi connectivity index (χ2n) is 7.26. The Kier molecular flexibility index (Phi) is 6.69. The minimum Gasteiger partial charge on any atom is -0.434 e. The Bertz CT molecular complexity index is 772.